The highest BCUT2D eigenvalue weighted by molar-refractivity contribution is 5.85. The maximum absolute atomic E-state index is 11.8. The number of hydrogen-bond acceptors (Lipinski definition) is 4. The van der Waals surface area contributed by atoms with E-state index >= 15 is 0 Å². The Kier molecular flexibility index (Phi) is 7.14. The van der Waals surface area contributed by atoms with Crippen LogP contribution < -0.4 is 0 Å². The molecule has 0 unspecified atom stereocenters. The molecule has 0 saturated heterocycles. The normalized spacial score (nSPS) is 41.5. The summed E-state index contributed by atoms with van der Waals surface area (Å²) >= 11 is 0. The molecular weight excluding hydrogens is 464 g/mol. The second-order valence-electron chi connectivity index (χ2n) is 13.8. The van der Waals surface area contributed by atoms with Crippen LogP contribution in [0.4, 0.5) is 0 Å². The molecule has 5 nitrogen and oxygen atoms in total. The van der Waals surface area contributed by atoms with Gasteiger partial charge in [-0.2, -0.15) is 0 Å². The first kappa shape index (κ1) is 28.1. The average molecular weight is 513 g/mol. The van der Waals surface area contributed by atoms with Crippen LogP contribution in [0, 0.1) is 39.4 Å². The third kappa shape index (κ3) is 4.15. The van der Waals surface area contributed by atoms with Crippen molar-refractivity contribution >= 4 is 11.9 Å². The molecule has 4 aliphatic rings. The largest absolute Gasteiger partial charge is 0.478 e. The maximum Gasteiger partial charge on any atom is 0.330 e. The van der Waals surface area contributed by atoms with Gasteiger partial charge in [0.25, 0.3) is 0 Å². The first-order chi connectivity index (χ1) is 17.1. The van der Waals surface area contributed by atoms with Crippen LogP contribution in [0.15, 0.2) is 34.9 Å². The number of carboxylic acid groups (broad SMARTS) is 1. The average Bonchev–Trinajstić information content (AvgIpc) is 3.02. The van der Waals surface area contributed by atoms with Crippen LogP contribution in [-0.4, -0.2) is 34.4 Å². The van der Waals surface area contributed by atoms with E-state index < -0.39 is 12.1 Å². The van der Waals surface area contributed by atoms with Crippen molar-refractivity contribution < 1.29 is 24.5 Å². The third-order valence-electron chi connectivity index (χ3n) is 11.7. The highest BCUT2D eigenvalue weighted by atomic mass is 16.5. The summed E-state index contributed by atoms with van der Waals surface area (Å²) in [4.78, 5) is 23.0. The van der Waals surface area contributed by atoms with Gasteiger partial charge in [-0.15, -0.1) is 0 Å². The lowest BCUT2D eigenvalue weighted by Crippen LogP contribution is -2.56. The quantitative estimate of drug-likeness (QED) is 0.300. The van der Waals surface area contributed by atoms with Crippen molar-refractivity contribution in [3.63, 3.8) is 0 Å². The highest BCUT2D eigenvalue weighted by Crippen LogP contribution is 2.71. The highest BCUT2D eigenvalue weighted by Gasteiger charge is 2.66. The van der Waals surface area contributed by atoms with Gasteiger partial charge in [0.05, 0.1) is 6.10 Å². The number of esters is 1. The summed E-state index contributed by atoms with van der Waals surface area (Å²) in [5.41, 5.74) is 2.68. The number of rotatable bonds is 6. The zero-order chi connectivity index (χ0) is 27.6. The fourth-order valence-corrected chi connectivity index (χ4v) is 9.19. The first-order valence-corrected chi connectivity index (χ1v) is 14.3. The smallest absolute Gasteiger partial charge is 0.330 e. The zero-order valence-corrected chi connectivity index (χ0v) is 24.2. The van der Waals surface area contributed by atoms with Gasteiger partial charge in [-0.3, -0.25) is 4.79 Å². The minimum atomic E-state index is -0.852. The topological polar surface area (TPSA) is 83.8 Å². The number of aliphatic hydroxyl groups is 1. The Morgan fingerprint density at radius 2 is 1.81 bits per heavy atom. The van der Waals surface area contributed by atoms with E-state index in [0.717, 1.165) is 44.9 Å². The lowest BCUT2D eigenvalue weighted by atomic mass is 9.44. The standard InChI is InChI=1S/C32H48O5/c1-19(10-9-11-20(2)28(35)36)24-18-26(34)32(8)23-12-13-25-29(4,5)27(37-21(3)33)15-16-30(25,6)22(23)14-17-31(24,32)7/h11-12,14,19,24-27,34H,9-10,13,15-18H2,1-8H3,(H,35,36)/b20-11+/t19-,24+,25-,26+,27+,30+,31+,32+/m0/s1. The van der Waals surface area contributed by atoms with Crippen LogP contribution in [0.2, 0.25) is 0 Å². The molecule has 8 atom stereocenters. The van der Waals surface area contributed by atoms with E-state index in [9.17, 15) is 19.8 Å². The van der Waals surface area contributed by atoms with Crippen molar-refractivity contribution in [3.05, 3.63) is 34.9 Å². The molecule has 2 saturated carbocycles. The Morgan fingerprint density at radius 1 is 1.14 bits per heavy atom. The van der Waals surface area contributed by atoms with E-state index in [-0.39, 0.29) is 33.7 Å². The van der Waals surface area contributed by atoms with Crippen molar-refractivity contribution in [2.24, 2.45) is 39.4 Å². The Morgan fingerprint density at radius 3 is 2.43 bits per heavy atom. The SMILES string of the molecule is CC(=O)O[C@@H]1CC[C@]2(C)C3=CC[C@]4(C)[C@@H]([C@@H](C)CC/C=C(\C)C(=O)O)C[C@@H](O)[C@@]4(C)C3=CC[C@H]2C1(C)C. The van der Waals surface area contributed by atoms with Gasteiger partial charge in [-0.1, -0.05) is 59.8 Å². The predicted octanol–water partition coefficient (Wildman–Crippen LogP) is 6.86. The van der Waals surface area contributed by atoms with Crippen LogP contribution in [0.1, 0.15) is 100 Å². The number of carbonyl (C=O) groups is 2. The molecule has 37 heavy (non-hydrogen) atoms. The van der Waals surface area contributed by atoms with Gasteiger partial charge in [-0.25, -0.2) is 4.79 Å². The lowest BCUT2D eigenvalue weighted by Gasteiger charge is -2.61. The molecule has 2 N–H and O–H groups in total. The molecule has 4 aliphatic carbocycles. The van der Waals surface area contributed by atoms with E-state index in [1.165, 1.54) is 18.1 Å². The number of hydrogen-bond donors (Lipinski definition) is 2. The van der Waals surface area contributed by atoms with Crippen LogP contribution in [0.3, 0.4) is 0 Å². The number of allylic oxidation sites excluding steroid dienone is 4. The molecule has 5 heteroatoms. The molecule has 0 spiro atoms. The number of fused-ring (bicyclic) bond motifs is 5. The zero-order valence-electron chi connectivity index (χ0n) is 24.2. The minimum absolute atomic E-state index is 0.00283. The van der Waals surface area contributed by atoms with Gasteiger partial charge in [0.15, 0.2) is 0 Å². The van der Waals surface area contributed by atoms with E-state index in [1.54, 1.807) is 6.92 Å². The van der Waals surface area contributed by atoms with E-state index in [1.807, 2.05) is 6.08 Å². The molecule has 0 heterocycles. The molecular formula is C32H48O5. The second-order valence-corrected chi connectivity index (χ2v) is 13.8. The van der Waals surface area contributed by atoms with E-state index in [4.69, 9.17) is 4.74 Å². The Hall–Kier alpha value is -1.88. The maximum atomic E-state index is 11.8. The lowest BCUT2D eigenvalue weighted by molar-refractivity contribution is -0.165. The molecule has 0 aliphatic heterocycles. The molecule has 0 amide bonds. The summed E-state index contributed by atoms with van der Waals surface area (Å²) in [7, 11) is 0. The van der Waals surface area contributed by atoms with Gasteiger partial charge in [0, 0.05) is 23.3 Å². The molecule has 0 aromatic heterocycles. The number of aliphatic carboxylic acids is 1. The summed E-state index contributed by atoms with van der Waals surface area (Å²) in [5, 5.41) is 20.9. The summed E-state index contributed by atoms with van der Waals surface area (Å²) in [6, 6.07) is 0. The van der Waals surface area contributed by atoms with Crippen LogP contribution >= 0.6 is 0 Å². The Bertz CT molecular complexity index is 1050. The van der Waals surface area contributed by atoms with Gasteiger partial charge < -0.3 is 14.9 Å². The van der Waals surface area contributed by atoms with Crippen LogP contribution in [0.25, 0.3) is 0 Å². The number of aliphatic hydroxyl groups excluding tert-OH is 1. The molecule has 206 valence electrons. The fourth-order valence-electron chi connectivity index (χ4n) is 9.19. The van der Waals surface area contributed by atoms with E-state index in [0.29, 0.717) is 23.3 Å². The molecule has 0 bridgehead atoms. The number of ether oxygens (including phenoxy) is 1. The monoisotopic (exact) mass is 512 g/mol. The summed E-state index contributed by atoms with van der Waals surface area (Å²) in [6.45, 7) is 17.1. The van der Waals surface area contributed by atoms with Crippen LogP contribution in [-0.2, 0) is 14.3 Å². The summed E-state index contributed by atoms with van der Waals surface area (Å²) in [6.07, 6.45) is 12.5. The predicted molar refractivity (Wildman–Crippen MR) is 146 cm³/mol. The van der Waals surface area contributed by atoms with E-state index in [2.05, 4.69) is 53.7 Å². The minimum Gasteiger partial charge on any atom is -0.478 e. The van der Waals surface area contributed by atoms with Crippen molar-refractivity contribution in [2.75, 3.05) is 0 Å². The van der Waals surface area contributed by atoms with Gasteiger partial charge in [-0.05, 0) is 91.6 Å². The van der Waals surface area contributed by atoms with Gasteiger partial charge in [0.1, 0.15) is 6.10 Å². The second kappa shape index (κ2) is 9.39. The molecule has 0 aromatic carbocycles. The molecule has 2 fully saturated rings. The molecule has 4 rings (SSSR count). The first-order valence-electron chi connectivity index (χ1n) is 14.3. The molecule has 0 radical (unpaired) electrons. The number of carboxylic acids is 1. The molecule has 0 aromatic rings. The van der Waals surface area contributed by atoms with Gasteiger partial charge in [0.2, 0.25) is 0 Å². The van der Waals surface area contributed by atoms with Crippen molar-refractivity contribution in [2.45, 2.75) is 113 Å². The van der Waals surface area contributed by atoms with Crippen molar-refractivity contribution in [3.8, 4) is 0 Å². The van der Waals surface area contributed by atoms with Crippen molar-refractivity contribution in [1.29, 1.82) is 0 Å². The Balaban J connectivity index is 1.64. The number of carbonyl (C=O) groups excluding carboxylic acids is 1. The van der Waals surface area contributed by atoms with Crippen LogP contribution in [0.5, 0.6) is 0 Å². The van der Waals surface area contributed by atoms with Crippen molar-refractivity contribution in [1.82, 2.24) is 0 Å². The fraction of sp³-hybridized carbons (Fsp3) is 0.750. The summed E-state index contributed by atoms with van der Waals surface area (Å²) in [5.74, 6) is 0.0798. The summed E-state index contributed by atoms with van der Waals surface area (Å²) < 4.78 is 5.80. The Labute approximate surface area is 223 Å². The van der Waals surface area contributed by atoms with Gasteiger partial charge >= 0.3 is 11.9 Å². The third-order valence-corrected chi connectivity index (χ3v) is 11.7.